The molecule has 0 saturated carbocycles. The van der Waals surface area contributed by atoms with E-state index in [1.165, 1.54) is 16.7 Å². The summed E-state index contributed by atoms with van der Waals surface area (Å²) < 4.78 is 10.8. The Kier molecular flexibility index (Phi) is 3.17. The first-order chi connectivity index (χ1) is 7.24. The van der Waals surface area contributed by atoms with E-state index in [1.807, 2.05) is 6.07 Å². The van der Waals surface area contributed by atoms with Crippen LogP contribution >= 0.6 is 11.6 Å². The molecule has 0 radical (unpaired) electrons. The lowest BCUT2D eigenvalue weighted by Crippen LogP contribution is -2.02. The highest BCUT2D eigenvalue weighted by molar-refractivity contribution is 6.21. The fraction of sp³-hybridized carbons (Fsp3) is 0.500. The van der Waals surface area contributed by atoms with Crippen LogP contribution in [0.25, 0.3) is 0 Å². The summed E-state index contributed by atoms with van der Waals surface area (Å²) in [6.07, 6.45) is 0.878. The summed E-state index contributed by atoms with van der Waals surface area (Å²) in [6, 6.07) is 4.06. The molecule has 1 aliphatic heterocycles. The summed E-state index contributed by atoms with van der Waals surface area (Å²) in [6.45, 7) is 3.39. The van der Waals surface area contributed by atoms with Crippen LogP contribution in [-0.2, 0) is 11.2 Å². The average Bonchev–Trinajstić information content (AvgIpc) is 2.42. The van der Waals surface area contributed by atoms with E-state index in [-0.39, 0.29) is 5.38 Å². The second kappa shape index (κ2) is 4.42. The van der Waals surface area contributed by atoms with Gasteiger partial charge in [0.1, 0.15) is 5.75 Å². The van der Waals surface area contributed by atoms with Gasteiger partial charge in [-0.1, -0.05) is 6.07 Å². The first-order valence-corrected chi connectivity index (χ1v) is 5.56. The van der Waals surface area contributed by atoms with E-state index in [9.17, 15) is 0 Å². The number of methoxy groups -OCH3 is 1. The van der Waals surface area contributed by atoms with E-state index in [4.69, 9.17) is 21.1 Å². The van der Waals surface area contributed by atoms with E-state index < -0.39 is 0 Å². The molecule has 1 aromatic carbocycles. The lowest BCUT2D eigenvalue weighted by atomic mass is 9.97. The SMILES string of the molecule is COc1ccc(C)c2c1CCOCC2Cl. The minimum atomic E-state index is -0.0578. The van der Waals surface area contributed by atoms with Gasteiger partial charge in [-0.25, -0.2) is 0 Å². The molecule has 15 heavy (non-hydrogen) atoms. The Hall–Kier alpha value is -0.730. The lowest BCUT2D eigenvalue weighted by molar-refractivity contribution is 0.143. The quantitative estimate of drug-likeness (QED) is 0.686. The van der Waals surface area contributed by atoms with Crippen molar-refractivity contribution in [3.63, 3.8) is 0 Å². The van der Waals surface area contributed by atoms with Crippen molar-refractivity contribution in [1.29, 1.82) is 0 Å². The Bertz CT molecular complexity index is 363. The second-order valence-corrected chi connectivity index (χ2v) is 4.30. The number of ether oxygens (including phenoxy) is 2. The standard InChI is InChI=1S/C12H15ClO2/c1-8-3-4-11(14-2)9-5-6-15-7-10(13)12(8)9/h3-4,10H,5-7H2,1-2H3. The Balaban J connectivity index is 2.55. The third kappa shape index (κ3) is 1.97. The van der Waals surface area contributed by atoms with Crippen molar-refractivity contribution in [2.24, 2.45) is 0 Å². The summed E-state index contributed by atoms with van der Waals surface area (Å²) in [5.41, 5.74) is 3.61. The average molecular weight is 227 g/mol. The van der Waals surface area contributed by atoms with Crippen molar-refractivity contribution in [3.8, 4) is 5.75 Å². The molecule has 2 nitrogen and oxygen atoms in total. The second-order valence-electron chi connectivity index (χ2n) is 3.77. The van der Waals surface area contributed by atoms with Gasteiger partial charge in [-0.05, 0) is 30.5 Å². The van der Waals surface area contributed by atoms with Crippen LogP contribution < -0.4 is 4.74 Å². The molecule has 1 aromatic rings. The third-order valence-corrected chi connectivity index (χ3v) is 3.17. The monoisotopic (exact) mass is 226 g/mol. The Morgan fingerprint density at radius 2 is 2.27 bits per heavy atom. The van der Waals surface area contributed by atoms with Crippen LogP contribution in [0.2, 0.25) is 0 Å². The number of benzene rings is 1. The summed E-state index contributed by atoms with van der Waals surface area (Å²) in [5.74, 6) is 0.923. The highest BCUT2D eigenvalue weighted by Gasteiger charge is 2.21. The third-order valence-electron chi connectivity index (χ3n) is 2.83. The summed E-state index contributed by atoms with van der Waals surface area (Å²) >= 11 is 6.31. The van der Waals surface area contributed by atoms with Gasteiger partial charge < -0.3 is 9.47 Å². The Labute approximate surface area is 95.1 Å². The van der Waals surface area contributed by atoms with Crippen LogP contribution in [0.1, 0.15) is 22.1 Å². The van der Waals surface area contributed by atoms with Crippen LogP contribution in [0.15, 0.2) is 12.1 Å². The first-order valence-electron chi connectivity index (χ1n) is 5.12. The summed E-state index contributed by atoms with van der Waals surface area (Å²) in [5, 5.41) is -0.0578. The van der Waals surface area contributed by atoms with E-state index in [1.54, 1.807) is 7.11 Å². The van der Waals surface area contributed by atoms with Crippen molar-refractivity contribution >= 4 is 11.6 Å². The molecule has 0 bridgehead atoms. The maximum atomic E-state index is 6.31. The van der Waals surface area contributed by atoms with E-state index >= 15 is 0 Å². The molecule has 0 N–H and O–H groups in total. The normalized spacial score (nSPS) is 20.6. The molecular formula is C12H15ClO2. The van der Waals surface area contributed by atoms with Crippen LogP contribution in [0.4, 0.5) is 0 Å². The fourth-order valence-corrected chi connectivity index (χ4v) is 2.48. The van der Waals surface area contributed by atoms with E-state index in [0.29, 0.717) is 6.61 Å². The zero-order valence-corrected chi connectivity index (χ0v) is 9.80. The van der Waals surface area contributed by atoms with Gasteiger partial charge in [0, 0.05) is 5.56 Å². The predicted molar refractivity (Wildman–Crippen MR) is 60.8 cm³/mol. The Morgan fingerprint density at radius 1 is 1.47 bits per heavy atom. The number of alkyl halides is 1. The van der Waals surface area contributed by atoms with Crippen LogP contribution in [0.5, 0.6) is 5.75 Å². The van der Waals surface area contributed by atoms with Crippen LogP contribution in [-0.4, -0.2) is 20.3 Å². The molecule has 0 spiro atoms. The van der Waals surface area contributed by atoms with Gasteiger partial charge in [-0.15, -0.1) is 11.6 Å². The highest BCUT2D eigenvalue weighted by atomic mass is 35.5. The maximum Gasteiger partial charge on any atom is 0.122 e. The topological polar surface area (TPSA) is 18.5 Å². The lowest BCUT2D eigenvalue weighted by Gasteiger charge is -2.16. The van der Waals surface area contributed by atoms with Gasteiger partial charge in [0.25, 0.3) is 0 Å². The number of hydrogen-bond donors (Lipinski definition) is 0. The number of hydrogen-bond acceptors (Lipinski definition) is 2. The van der Waals surface area contributed by atoms with Gasteiger partial charge >= 0.3 is 0 Å². The van der Waals surface area contributed by atoms with Gasteiger partial charge in [0.2, 0.25) is 0 Å². The highest BCUT2D eigenvalue weighted by Crippen LogP contribution is 2.35. The van der Waals surface area contributed by atoms with Crippen LogP contribution in [0.3, 0.4) is 0 Å². The number of halogens is 1. The van der Waals surface area contributed by atoms with Gasteiger partial charge in [0.15, 0.2) is 0 Å². The number of fused-ring (bicyclic) bond motifs is 1. The molecule has 1 atom stereocenters. The van der Waals surface area contributed by atoms with Crippen LogP contribution in [0, 0.1) is 6.92 Å². The largest absolute Gasteiger partial charge is 0.496 e. The van der Waals surface area contributed by atoms with Crippen molar-refractivity contribution in [2.45, 2.75) is 18.7 Å². The molecular weight excluding hydrogens is 212 g/mol. The zero-order chi connectivity index (χ0) is 10.8. The molecule has 0 aliphatic carbocycles. The van der Waals surface area contributed by atoms with E-state index in [0.717, 1.165) is 18.8 Å². The molecule has 2 rings (SSSR count). The molecule has 1 aliphatic rings. The van der Waals surface area contributed by atoms with Crippen molar-refractivity contribution in [3.05, 3.63) is 28.8 Å². The summed E-state index contributed by atoms with van der Waals surface area (Å²) in [7, 11) is 1.69. The summed E-state index contributed by atoms with van der Waals surface area (Å²) in [4.78, 5) is 0. The van der Waals surface area contributed by atoms with Crippen molar-refractivity contribution < 1.29 is 9.47 Å². The van der Waals surface area contributed by atoms with Gasteiger partial charge in [0.05, 0.1) is 25.7 Å². The Morgan fingerprint density at radius 3 is 3.00 bits per heavy atom. The molecule has 82 valence electrons. The van der Waals surface area contributed by atoms with Crippen molar-refractivity contribution in [1.82, 2.24) is 0 Å². The molecule has 3 heteroatoms. The molecule has 0 aromatic heterocycles. The maximum absolute atomic E-state index is 6.31. The number of aryl methyl sites for hydroxylation is 1. The molecule has 1 heterocycles. The fourth-order valence-electron chi connectivity index (χ4n) is 2.09. The molecule has 0 fully saturated rings. The minimum Gasteiger partial charge on any atom is -0.496 e. The minimum absolute atomic E-state index is 0.0578. The molecule has 1 unspecified atom stereocenters. The molecule has 0 saturated heterocycles. The smallest absolute Gasteiger partial charge is 0.122 e. The van der Waals surface area contributed by atoms with E-state index in [2.05, 4.69) is 13.0 Å². The van der Waals surface area contributed by atoms with Gasteiger partial charge in [-0.2, -0.15) is 0 Å². The van der Waals surface area contributed by atoms with Gasteiger partial charge in [-0.3, -0.25) is 0 Å². The predicted octanol–water partition coefficient (Wildman–Crippen LogP) is 2.86. The number of rotatable bonds is 1. The molecule has 0 amide bonds. The van der Waals surface area contributed by atoms with Crippen molar-refractivity contribution in [2.75, 3.05) is 20.3 Å². The first kappa shape index (κ1) is 10.8. The zero-order valence-electron chi connectivity index (χ0n) is 9.05.